The summed E-state index contributed by atoms with van der Waals surface area (Å²) < 4.78 is 13.1. The maximum Gasteiger partial charge on any atom is 0.256 e. The average Bonchev–Trinajstić information content (AvgIpc) is 2.88. The number of carbonyl (C=O) groups excluding carboxylic acids is 1. The van der Waals surface area contributed by atoms with Crippen LogP contribution in [0.1, 0.15) is 49.9 Å². The van der Waals surface area contributed by atoms with E-state index in [4.69, 9.17) is 5.73 Å². The van der Waals surface area contributed by atoms with Gasteiger partial charge in [0.2, 0.25) is 0 Å². The molecule has 1 amide bonds. The van der Waals surface area contributed by atoms with Crippen LogP contribution in [0, 0.1) is 11.7 Å². The predicted octanol–water partition coefficient (Wildman–Crippen LogP) is 3.45. The van der Waals surface area contributed by atoms with Gasteiger partial charge in [-0.2, -0.15) is 0 Å². The number of benzene rings is 1. The zero-order valence-electron chi connectivity index (χ0n) is 12.2. The minimum absolute atomic E-state index is 0.0666. The monoisotopic (exact) mass is 278 g/mol. The maximum atomic E-state index is 13.1. The summed E-state index contributed by atoms with van der Waals surface area (Å²) in [5.74, 6) is -0.0698. The van der Waals surface area contributed by atoms with Crippen LogP contribution in [0.4, 0.5) is 10.1 Å². The predicted molar refractivity (Wildman–Crippen MR) is 78.9 cm³/mol. The molecule has 20 heavy (non-hydrogen) atoms. The lowest BCUT2D eigenvalue weighted by atomic mass is 10.1. The van der Waals surface area contributed by atoms with Crippen LogP contribution in [-0.4, -0.2) is 23.4 Å². The summed E-state index contributed by atoms with van der Waals surface area (Å²) in [6, 6.07) is 4.31. The second kappa shape index (κ2) is 6.25. The molecule has 2 rings (SSSR count). The van der Waals surface area contributed by atoms with E-state index in [0.29, 0.717) is 17.5 Å². The first-order chi connectivity index (χ1) is 9.49. The number of hydrogen-bond donors (Lipinski definition) is 1. The van der Waals surface area contributed by atoms with Gasteiger partial charge in [-0.1, -0.05) is 26.7 Å². The molecule has 1 aliphatic rings. The normalized spacial score (nSPS) is 15.8. The van der Waals surface area contributed by atoms with Crippen molar-refractivity contribution in [3.63, 3.8) is 0 Å². The molecule has 1 aromatic carbocycles. The van der Waals surface area contributed by atoms with Gasteiger partial charge in [0.05, 0.1) is 5.56 Å². The van der Waals surface area contributed by atoms with Gasteiger partial charge < -0.3 is 10.6 Å². The number of carbonyl (C=O) groups is 1. The van der Waals surface area contributed by atoms with E-state index in [2.05, 4.69) is 13.8 Å². The summed E-state index contributed by atoms with van der Waals surface area (Å²) in [4.78, 5) is 14.7. The fourth-order valence-electron chi connectivity index (χ4n) is 2.89. The molecule has 0 aromatic heterocycles. The Morgan fingerprint density at radius 1 is 1.40 bits per heavy atom. The van der Waals surface area contributed by atoms with Crippen molar-refractivity contribution < 1.29 is 9.18 Å². The summed E-state index contributed by atoms with van der Waals surface area (Å²) in [6.45, 7) is 4.92. The van der Waals surface area contributed by atoms with Crippen LogP contribution in [0.25, 0.3) is 0 Å². The minimum atomic E-state index is -0.407. The molecule has 0 unspecified atom stereocenters. The third-order valence-electron chi connectivity index (χ3n) is 3.83. The third-order valence-corrected chi connectivity index (χ3v) is 3.83. The van der Waals surface area contributed by atoms with Crippen LogP contribution >= 0.6 is 0 Å². The van der Waals surface area contributed by atoms with Crippen molar-refractivity contribution in [2.24, 2.45) is 5.92 Å². The van der Waals surface area contributed by atoms with E-state index in [1.54, 1.807) is 0 Å². The number of nitrogens with two attached hydrogens (primary N) is 1. The highest BCUT2D eigenvalue weighted by atomic mass is 19.1. The van der Waals surface area contributed by atoms with Crippen molar-refractivity contribution in [3.8, 4) is 0 Å². The number of amides is 1. The van der Waals surface area contributed by atoms with Crippen molar-refractivity contribution >= 4 is 11.6 Å². The largest absolute Gasteiger partial charge is 0.398 e. The summed E-state index contributed by atoms with van der Waals surface area (Å²) in [5.41, 5.74) is 6.44. The molecule has 0 spiro atoms. The first-order valence-electron chi connectivity index (χ1n) is 7.35. The highest BCUT2D eigenvalue weighted by molar-refractivity contribution is 5.99. The molecule has 110 valence electrons. The van der Waals surface area contributed by atoms with Crippen LogP contribution in [0.3, 0.4) is 0 Å². The van der Waals surface area contributed by atoms with E-state index in [0.717, 1.165) is 19.4 Å². The zero-order valence-corrected chi connectivity index (χ0v) is 12.2. The Bertz CT molecular complexity index is 481. The fourth-order valence-corrected chi connectivity index (χ4v) is 2.89. The first-order valence-corrected chi connectivity index (χ1v) is 7.35. The van der Waals surface area contributed by atoms with Gasteiger partial charge in [0.25, 0.3) is 5.91 Å². The Morgan fingerprint density at radius 2 is 2.05 bits per heavy atom. The molecule has 0 radical (unpaired) electrons. The van der Waals surface area contributed by atoms with Crippen molar-refractivity contribution in [3.05, 3.63) is 29.6 Å². The van der Waals surface area contributed by atoms with Crippen LogP contribution in [0.15, 0.2) is 18.2 Å². The van der Waals surface area contributed by atoms with Gasteiger partial charge in [-0.25, -0.2) is 4.39 Å². The van der Waals surface area contributed by atoms with Crippen molar-refractivity contribution in [1.29, 1.82) is 0 Å². The molecule has 0 saturated heterocycles. The van der Waals surface area contributed by atoms with Gasteiger partial charge in [0.1, 0.15) is 5.82 Å². The molecule has 0 atom stereocenters. The molecular formula is C16H23FN2O. The molecular weight excluding hydrogens is 255 g/mol. The number of rotatable bonds is 4. The number of halogens is 1. The van der Waals surface area contributed by atoms with Gasteiger partial charge in [-0.15, -0.1) is 0 Å². The standard InChI is InChI=1S/C16H23FN2O/c1-11(2)10-19(13-5-3-4-6-13)16(20)14-8-7-12(17)9-15(14)18/h7-9,11,13H,3-6,10,18H2,1-2H3. The average molecular weight is 278 g/mol. The third kappa shape index (κ3) is 3.30. The lowest BCUT2D eigenvalue weighted by Crippen LogP contribution is -2.41. The summed E-state index contributed by atoms with van der Waals surface area (Å²) in [7, 11) is 0. The SMILES string of the molecule is CC(C)CN(C(=O)c1ccc(F)cc1N)C1CCCC1. The molecule has 1 aromatic rings. The van der Waals surface area contributed by atoms with Crippen LogP contribution in [-0.2, 0) is 0 Å². The van der Waals surface area contributed by atoms with E-state index in [-0.39, 0.29) is 11.6 Å². The van der Waals surface area contributed by atoms with Gasteiger partial charge in [0.15, 0.2) is 0 Å². The van der Waals surface area contributed by atoms with E-state index in [1.807, 2.05) is 4.90 Å². The van der Waals surface area contributed by atoms with Gasteiger partial charge >= 0.3 is 0 Å². The molecule has 1 saturated carbocycles. The van der Waals surface area contributed by atoms with Crippen molar-refractivity contribution in [1.82, 2.24) is 4.90 Å². The molecule has 0 bridgehead atoms. The lowest BCUT2D eigenvalue weighted by Gasteiger charge is -2.31. The molecule has 0 aliphatic heterocycles. The second-order valence-electron chi connectivity index (χ2n) is 6.02. The summed E-state index contributed by atoms with van der Waals surface area (Å²) in [6.07, 6.45) is 4.45. The highest BCUT2D eigenvalue weighted by Gasteiger charge is 2.28. The maximum absolute atomic E-state index is 13.1. The quantitative estimate of drug-likeness (QED) is 0.857. The van der Waals surface area contributed by atoms with Crippen LogP contribution < -0.4 is 5.73 Å². The second-order valence-corrected chi connectivity index (χ2v) is 6.02. The molecule has 3 nitrogen and oxygen atoms in total. The minimum Gasteiger partial charge on any atom is -0.398 e. The number of nitrogens with zero attached hydrogens (tertiary/aromatic N) is 1. The highest BCUT2D eigenvalue weighted by Crippen LogP contribution is 2.27. The van der Waals surface area contributed by atoms with Crippen molar-refractivity contribution in [2.75, 3.05) is 12.3 Å². The molecule has 4 heteroatoms. The molecule has 1 fully saturated rings. The smallest absolute Gasteiger partial charge is 0.256 e. The topological polar surface area (TPSA) is 46.3 Å². The summed E-state index contributed by atoms with van der Waals surface area (Å²) >= 11 is 0. The Labute approximate surface area is 120 Å². The lowest BCUT2D eigenvalue weighted by molar-refractivity contribution is 0.0656. The molecule has 2 N–H and O–H groups in total. The first kappa shape index (κ1) is 14.8. The van der Waals surface area contributed by atoms with E-state index >= 15 is 0 Å². The van der Waals surface area contributed by atoms with Crippen molar-refractivity contribution in [2.45, 2.75) is 45.6 Å². The zero-order chi connectivity index (χ0) is 14.7. The van der Waals surface area contributed by atoms with Gasteiger partial charge in [0, 0.05) is 18.3 Å². The fraction of sp³-hybridized carbons (Fsp3) is 0.562. The number of hydrogen-bond acceptors (Lipinski definition) is 2. The Hall–Kier alpha value is -1.58. The van der Waals surface area contributed by atoms with E-state index in [1.165, 1.54) is 31.0 Å². The van der Waals surface area contributed by atoms with E-state index < -0.39 is 5.82 Å². The Morgan fingerprint density at radius 3 is 2.60 bits per heavy atom. The summed E-state index contributed by atoms with van der Waals surface area (Å²) in [5, 5.41) is 0. The van der Waals surface area contributed by atoms with Crippen LogP contribution in [0.5, 0.6) is 0 Å². The number of anilines is 1. The van der Waals surface area contributed by atoms with Gasteiger partial charge in [-0.3, -0.25) is 4.79 Å². The van der Waals surface area contributed by atoms with Gasteiger partial charge in [-0.05, 0) is 37.0 Å². The van der Waals surface area contributed by atoms with E-state index in [9.17, 15) is 9.18 Å². The Kier molecular flexibility index (Phi) is 4.63. The number of nitrogen functional groups attached to an aromatic ring is 1. The molecule has 1 aliphatic carbocycles. The Balaban J connectivity index is 2.24. The molecule has 0 heterocycles. The van der Waals surface area contributed by atoms with Crippen LogP contribution in [0.2, 0.25) is 0 Å².